The molecule has 0 saturated carbocycles. The molecule has 2 aromatic carbocycles. The lowest BCUT2D eigenvalue weighted by Crippen LogP contribution is -2.58. The summed E-state index contributed by atoms with van der Waals surface area (Å²) in [6, 6.07) is 9.70. The lowest BCUT2D eigenvalue weighted by atomic mass is 10.0. The number of para-hydroxylation sites is 1. The van der Waals surface area contributed by atoms with Crippen LogP contribution in [-0.4, -0.2) is 115 Å². The van der Waals surface area contributed by atoms with E-state index in [0.717, 1.165) is 10.9 Å². The van der Waals surface area contributed by atoms with Crippen molar-refractivity contribution in [2.24, 2.45) is 11.5 Å². The zero-order chi connectivity index (χ0) is 43.6. The minimum atomic E-state index is -1.35. The van der Waals surface area contributed by atoms with Crippen molar-refractivity contribution >= 4 is 64.1 Å². The minimum absolute atomic E-state index is 0.0107. The number of H-pyrrole nitrogens is 1. The summed E-state index contributed by atoms with van der Waals surface area (Å²) in [6.07, 6.45) is 1.30. The third kappa shape index (κ3) is 14.5. The molecular weight excluding hydrogens is 779 g/mol. The van der Waals surface area contributed by atoms with Crippen LogP contribution in [0, 0.1) is 0 Å². The third-order valence-electron chi connectivity index (χ3n) is 9.64. The van der Waals surface area contributed by atoms with Crippen molar-refractivity contribution in [3.8, 4) is 0 Å². The summed E-state index contributed by atoms with van der Waals surface area (Å²) in [5, 5.41) is 21.2. The molecule has 2 heterocycles. The van der Waals surface area contributed by atoms with Crippen LogP contribution in [-0.2, 0) is 56.0 Å². The Morgan fingerprint density at radius 1 is 0.833 bits per heavy atom. The average Bonchev–Trinajstić information content (AvgIpc) is 3.63. The summed E-state index contributed by atoms with van der Waals surface area (Å²) in [6.45, 7) is 0.101. The third-order valence-corrected chi connectivity index (χ3v) is 9.64. The number of carbonyl (C=O) groups is 9. The number of aromatic nitrogens is 1. The van der Waals surface area contributed by atoms with Crippen molar-refractivity contribution in [3.05, 3.63) is 71.9 Å². The molecule has 20 heteroatoms. The summed E-state index contributed by atoms with van der Waals surface area (Å²) >= 11 is 0. The molecule has 9 amide bonds. The van der Waals surface area contributed by atoms with Crippen molar-refractivity contribution in [1.82, 2.24) is 47.5 Å². The smallest absolute Gasteiger partial charge is 0.243 e. The molecule has 1 aromatic heterocycles. The van der Waals surface area contributed by atoms with Crippen LogP contribution in [0.15, 0.2) is 60.8 Å². The predicted octanol–water partition coefficient (Wildman–Crippen LogP) is -2.85. The van der Waals surface area contributed by atoms with Gasteiger partial charge in [0.25, 0.3) is 0 Å². The molecule has 13 N–H and O–H groups in total. The van der Waals surface area contributed by atoms with E-state index in [1.807, 2.05) is 24.3 Å². The maximum atomic E-state index is 13.8. The number of amides is 9. The summed E-state index contributed by atoms with van der Waals surface area (Å²) in [5.41, 5.74) is 13.6. The van der Waals surface area contributed by atoms with E-state index in [1.54, 1.807) is 36.5 Å². The first-order valence-electron chi connectivity index (χ1n) is 19.6. The van der Waals surface area contributed by atoms with Crippen LogP contribution in [0.4, 0.5) is 0 Å². The maximum absolute atomic E-state index is 13.8. The van der Waals surface area contributed by atoms with Crippen LogP contribution in [0.25, 0.3) is 10.9 Å². The molecule has 1 aliphatic heterocycles. The van der Waals surface area contributed by atoms with Crippen molar-refractivity contribution < 1.29 is 43.2 Å². The van der Waals surface area contributed by atoms with E-state index in [4.69, 9.17) is 11.5 Å². The van der Waals surface area contributed by atoms with Gasteiger partial charge in [-0.1, -0.05) is 48.5 Å². The summed E-state index contributed by atoms with van der Waals surface area (Å²) in [4.78, 5) is 121. The van der Waals surface area contributed by atoms with E-state index in [2.05, 4.69) is 47.5 Å². The Kier molecular flexibility index (Phi) is 17.5. The first-order valence-corrected chi connectivity index (χ1v) is 19.6. The molecule has 4 rings (SSSR count). The highest BCUT2D eigenvalue weighted by atomic mass is 16.2. The van der Waals surface area contributed by atoms with E-state index < -0.39 is 96.5 Å². The first-order chi connectivity index (χ1) is 28.7. The lowest BCUT2D eigenvalue weighted by molar-refractivity contribution is -0.134. The molecule has 322 valence electrons. The van der Waals surface area contributed by atoms with Gasteiger partial charge in [-0.2, -0.15) is 0 Å². The maximum Gasteiger partial charge on any atom is 0.243 e. The van der Waals surface area contributed by atoms with Gasteiger partial charge >= 0.3 is 0 Å². The van der Waals surface area contributed by atoms with Gasteiger partial charge in [0.1, 0.15) is 30.2 Å². The predicted molar refractivity (Wildman–Crippen MR) is 218 cm³/mol. The summed E-state index contributed by atoms with van der Waals surface area (Å²) in [7, 11) is 0. The molecule has 0 aliphatic carbocycles. The molecule has 20 nitrogen and oxygen atoms in total. The molecule has 3 unspecified atom stereocenters. The number of rotatable bonds is 13. The van der Waals surface area contributed by atoms with E-state index >= 15 is 0 Å². The zero-order valence-electron chi connectivity index (χ0n) is 33.3. The Labute approximate surface area is 345 Å². The number of nitrogens with one attached hydrogen (secondary N) is 9. The Morgan fingerprint density at radius 2 is 1.55 bits per heavy atom. The minimum Gasteiger partial charge on any atom is -0.368 e. The number of primary amides is 1. The summed E-state index contributed by atoms with van der Waals surface area (Å²) < 4.78 is 0. The van der Waals surface area contributed by atoms with E-state index in [0.29, 0.717) is 11.1 Å². The fourth-order valence-corrected chi connectivity index (χ4v) is 6.45. The highest BCUT2D eigenvalue weighted by Crippen LogP contribution is 2.19. The molecule has 1 saturated heterocycles. The topological polar surface area (TPSA) is 318 Å². The standard InChI is InChI=1S/C40H53N11O9/c1-23(52)44-21-34(54)47-29-13-14-33(53)43-17-15-30(40(60)50-31(36(42)56)19-25-20-45-27-11-6-5-10-26(25)27)48-35(55)22-46-37(57)32(18-24-8-3-2-4-9-24)51-38(58)28(12-7-16-41)49-39(29)59/h2-6,8-11,20,28-32,45H,7,12-19,21-22,41H2,1H3,(H2,42,56)(H,43,53)(H,44,52)(H,46,57)(H,47,54)(H,48,55)(H,49,59)(H,50,60)(H,51,58)/t28-,29?,30?,31-,32?/m0/s1. The van der Waals surface area contributed by atoms with Gasteiger partial charge in [0.2, 0.25) is 53.2 Å². The van der Waals surface area contributed by atoms with Gasteiger partial charge in [0.05, 0.1) is 13.1 Å². The fourth-order valence-electron chi connectivity index (χ4n) is 6.45. The van der Waals surface area contributed by atoms with Crippen molar-refractivity contribution in [2.45, 2.75) is 82.1 Å². The van der Waals surface area contributed by atoms with Gasteiger partial charge in [-0.3, -0.25) is 43.2 Å². The molecular formula is C40H53N11O9. The highest BCUT2D eigenvalue weighted by molar-refractivity contribution is 5.97. The highest BCUT2D eigenvalue weighted by Gasteiger charge is 2.32. The number of hydrogen-bond donors (Lipinski definition) is 11. The second-order valence-corrected chi connectivity index (χ2v) is 14.3. The Balaban J connectivity index is 1.60. The molecule has 60 heavy (non-hydrogen) atoms. The van der Waals surface area contributed by atoms with Crippen molar-refractivity contribution in [2.75, 3.05) is 26.2 Å². The molecule has 3 aromatic rings. The number of aromatic amines is 1. The number of hydrogen-bond acceptors (Lipinski definition) is 10. The van der Waals surface area contributed by atoms with Gasteiger partial charge in [-0.05, 0) is 49.4 Å². The second-order valence-electron chi connectivity index (χ2n) is 14.3. The van der Waals surface area contributed by atoms with E-state index in [1.165, 1.54) is 6.92 Å². The van der Waals surface area contributed by atoms with Gasteiger partial charge in [-0.25, -0.2) is 0 Å². The molecule has 0 radical (unpaired) electrons. The normalized spacial score (nSPS) is 20.3. The van der Waals surface area contributed by atoms with Gasteiger partial charge in [0, 0.05) is 49.8 Å². The van der Waals surface area contributed by atoms with Crippen LogP contribution in [0.5, 0.6) is 0 Å². The van der Waals surface area contributed by atoms with Crippen LogP contribution >= 0.6 is 0 Å². The molecule has 5 atom stereocenters. The average molecular weight is 832 g/mol. The zero-order valence-corrected chi connectivity index (χ0v) is 33.3. The van der Waals surface area contributed by atoms with Crippen LogP contribution in [0.1, 0.15) is 50.2 Å². The lowest BCUT2D eigenvalue weighted by Gasteiger charge is -2.25. The quantitative estimate of drug-likeness (QED) is 0.0838. The SMILES string of the molecule is CC(=O)NCC(=O)NC1CCC(=O)NCCC(C(=O)N[C@@H](Cc2c[nH]c3ccccc23)C(N)=O)NC(=O)CNC(=O)C(Cc2ccccc2)NC(=O)[C@H](CCCN)NC1=O. The first kappa shape index (κ1) is 45.9. The fraction of sp³-hybridized carbons (Fsp3) is 0.425. The molecule has 1 fully saturated rings. The van der Waals surface area contributed by atoms with E-state index in [-0.39, 0.29) is 58.0 Å². The molecule has 0 bridgehead atoms. The van der Waals surface area contributed by atoms with Crippen LogP contribution < -0.4 is 54.0 Å². The Morgan fingerprint density at radius 3 is 2.27 bits per heavy atom. The van der Waals surface area contributed by atoms with Gasteiger partial charge < -0.3 is 59.0 Å². The van der Waals surface area contributed by atoms with Crippen molar-refractivity contribution in [3.63, 3.8) is 0 Å². The van der Waals surface area contributed by atoms with Crippen LogP contribution in [0.2, 0.25) is 0 Å². The van der Waals surface area contributed by atoms with Crippen LogP contribution in [0.3, 0.4) is 0 Å². The Hall–Kier alpha value is -6.83. The van der Waals surface area contributed by atoms with E-state index in [9.17, 15) is 43.2 Å². The molecule has 1 aliphatic rings. The number of fused-ring (bicyclic) bond motifs is 1. The number of carbonyl (C=O) groups excluding carboxylic acids is 9. The summed E-state index contributed by atoms with van der Waals surface area (Å²) in [5.74, 6) is -6.59. The monoisotopic (exact) mass is 831 g/mol. The largest absolute Gasteiger partial charge is 0.368 e. The second kappa shape index (κ2) is 22.9. The Bertz CT molecular complexity index is 2020. The number of nitrogens with two attached hydrogens (primary N) is 2. The van der Waals surface area contributed by atoms with Gasteiger partial charge in [-0.15, -0.1) is 0 Å². The molecule has 0 spiro atoms. The number of benzene rings is 2. The van der Waals surface area contributed by atoms with Gasteiger partial charge in [0.15, 0.2) is 0 Å². The van der Waals surface area contributed by atoms with Crippen molar-refractivity contribution in [1.29, 1.82) is 0 Å².